The summed E-state index contributed by atoms with van der Waals surface area (Å²) in [5, 5.41) is 12.5. The zero-order chi connectivity index (χ0) is 19.9. The number of aliphatic hydroxyl groups is 1. The van der Waals surface area contributed by atoms with Crippen molar-refractivity contribution in [2.45, 2.75) is 26.8 Å². The summed E-state index contributed by atoms with van der Waals surface area (Å²) in [6.45, 7) is 5.38. The number of anilines is 2. The molecule has 2 aromatic rings. The first-order valence-electron chi connectivity index (χ1n) is 8.75. The molecule has 1 amide bonds. The van der Waals surface area contributed by atoms with Crippen LogP contribution in [0.3, 0.4) is 0 Å². The topological polar surface area (TPSA) is 60.9 Å². The molecule has 1 atom stereocenters. The number of ketones is 1. The van der Waals surface area contributed by atoms with Crippen molar-refractivity contribution in [2.75, 3.05) is 23.9 Å². The predicted molar refractivity (Wildman–Crippen MR) is 109 cm³/mol. The zero-order valence-corrected chi connectivity index (χ0v) is 17.0. The number of carbonyl (C=O) groups is 2. The van der Waals surface area contributed by atoms with E-state index in [1.54, 1.807) is 20.8 Å². The van der Waals surface area contributed by atoms with Gasteiger partial charge in [-0.2, -0.15) is 0 Å². The van der Waals surface area contributed by atoms with Crippen molar-refractivity contribution in [1.82, 2.24) is 0 Å². The highest BCUT2D eigenvalue weighted by Crippen LogP contribution is 2.44. The van der Waals surface area contributed by atoms with Crippen LogP contribution in [0.25, 0.3) is 0 Å². The summed E-state index contributed by atoms with van der Waals surface area (Å²) in [6.07, 6.45) is 0. The summed E-state index contributed by atoms with van der Waals surface area (Å²) in [5.74, 6) is -1.22. The number of aliphatic hydroxyl groups excluding tert-OH is 1. The molecule has 6 heteroatoms. The third-order valence-corrected chi connectivity index (χ3v) is 5.52. The van der Waals surface area contributed by atoms with E-state index in [9.17, 15) is 14.7 Å². The first-order chi connectivity index (χ1) is 12.6. The minimum atomic E-state index is -0.704. The lowest BCUT2D eigenvalue weighted by molar-refractivity contribution is -0.123. The largest absolute Gasteiger partial charge is 0.503 e. The second kappa shape index (κ2) is 6.85. The molecule has 0 saturated carbocycles. The number of Topliss-reactive ketones (excluding diaryl/α,β-unsaturated/α-hetero) is 1. The van der Waals surface area contributed by atoms with Crippen LogP contribution in [0.15, 0.2) is 53.1 Å². The van der Waals surface area contributed by atoms with Gasteiger partial charge in [-0.1, -0.05) is 26.8 Å². The second-order valence-corrected chi connectivity index (χ2v) is 8.82. The van der Waals surface area contributed by atoms with Crippen LogP contribution in [0.2, 0.25) is 0 Å². The van der Waals surface area contributed by atoms with Gasteiger partial charge in [-0.05, 0) is 35.7 Å². The lowest BCUT2D eigenvalue weighted by atomic mass is 9.83. The van der Waals surface area contributed by atoms with Gasteiger partial charge < -0.3 is 10.0 Å². The Labute approximate surface area is 163 Å². The normalized spacial score (nSPS) is 17.6. The fourth-order valence-electron chi connectivity index (χ4n) is 3.13. The molecular weight excluding hydrogens is 360 g/mol. The molecule has 0 bridgehead atoms. The predicted octanol–water partition coefficient (Wildman–Crippen LogP) is 4.33. The van der Waals surface area contributed by atoms with Gasteiger partial charge >= 0.3 is 0 Å². The van der Waals surface area contributed by atoms with E-state index >= 15 is 0 Å². The third kappa shape index (κ3) is 3.37. The molecule has 1 N–H and O–H groups in total. The maximum atomic E-state index is 13.0. The summed E-state index contributed by atoms with van der Waals surface area (Å²) in [7, 11) is 3.88. The van der Waals surface area contributed by atoms with E-state index in [-0.39, 0.29) is 11.4 Å². The van der Waals surface area contributed by atoms with Crippen molar-refractivity contribution in [3.05, 3.63) is 58.0 Å². The van der Waals surface area contributed by atoms with Gasteiger partial charge in [-0.25, -0.2) is 0 Å². The Hall–Kier alpha value is -2.60. The molecule has 0 radical (unpaired) electrons. The van der Waals surface area contributed by atoms with Crippen molar-refractivity contribution in [3.63, 3.8) is 0 Å². The van der Waals surface area contributed by atoms with Gasteiger partial charge in [0.25, 0.3) is 5.91 Å². The first-order valence-corrected chi connectivity index (χ1v) is 9.63. The number of rotatable bonds is 4. The Bertz CT molecular complexity index is 891. The number of hydrogen-bond donors (Lipinski definition) is 1. The van der Waals surface area contributed by atoms with E-state index in [1.807, 2.05) is 60.8 Å². The zero-order valence-electron chi connectivity index (χ0n) is 16.2. The summed E-state index contributed by atoms with van der Waals surface area (Å²) in [5.41, 5.74) is 1.12. The summed E-state index contributed by atoms with van der Waals surface area (Å²) in [4.78, 5) is 30.3. The standard InChI is InChI=1S/C21H24N2O3S/c1-21(2,3)19(25)16-17(15-7-6-12-27-15)23(20(26)18(16)24)14-10-8-13(9-11-14)22(4)5/h6-12,17,24H,1-5H3. The minimum absolute atomic E-state index is 0.173. The quantitative estimate of drug-likeness (QED) is 0.852. The lowest BCUT2D eigenvalue weighted by Gasteiger charge is -2.28. The number of benzene rings is 1. The van der Waals surface area contributed by atoms with Crippen LogP contribution < -0.4 is 9.80 Å². The molecule has 3 rings (SSSR count). The molecule has 2 heterocycles. The lowest BCUT2D eigenvalue weighted by Crippen LogP contribution is -2.32. The smallest absolute Gasteiger partial charge is 0.294 e. The molecule has 1 aliphatic heterocycles. The molecule has 0 fully saturated rings. The first kappa shape index (κ1) is 19.2. The van der Waals surface area contributed by atoms with Crippen molar-refractivity contribution >= 4 is 34.4 Å². The molecule has 0 spiro atoms. The van der Waals surface area contributed by atoms with E-state index in [2.05, 4.69) is 0 Å². The fourth-order valence-corrected chi connectivity index (χ4v) is 3.96. The second-order valence-electron chi connectivity index (χ2n) is 7.85. The van der Waals surface area contributed by atoms with Crippen LogP contribution in [-0.2, 0) is 9.59 Å². The average Bonchev–Trinajstić information content (AvgIpc) is 3.21. The van der Waals surface area contributed by atoms with E-state index in [0.29, 0.717) is 5.69 Å². The average molecular weight is 385 g/mol. The number of hydrogen-bond acceptors (Lipinski definition) is 5. The van der Waals surface area contributed by atoms with Crippen molar-refractivity contribution < 1.29 is 14.7 Å². The van der Waals surface area contributed by atoms with Crippen LogP contribution in [0.1, 0.15) is 31.7 Å². The number of thiophene rings is 1. The van der Waals surface area contributed by atoms with E-state index in [1.165, 1.54) is 16.2 Å². The van der Waals surface area contributed by atoms with Gasteiger partial charge in [0.2, 0.25) is 0 Å². The fraction of sp³-hybridized carbons (Fsp3) is 0.333. The van der Waals surface area contributed by atoms with Crippen LogP contribution >= 0.6 is 11.3 Å². The molecule has 1 aliphatic rings. The molecule has 5 nitrogen and oxygen atoms in total. The SMILES string of the molecule is CN(C)c1ccc(N2C(=O)C(O)=C(C(=O)C(C)(C)C)C2c2cccs2)cc1. The van der Waals surface area contributed by atoms with Gasteiger partial charge in [0.15, 0.2) is 11.5 Å². The van der Waals surface area contributed by atoms with Gasteiger partial charge in [0, 0.05) is 35.8 Å². The summed E-state index contributed by atoms with van der Waals surface area (Å²) in [6, 6.07) is 10.7. The van der Waals surface area contributed by atoms with Gasteiger partial charge in [0.1, 0.15) is 6.04 Å². The highest BCUT2D eigenvalue weighted by atomic mass is 32.1. The molecule has 1 aromatic heterocycles. The Morgan fingerprint density at radius 1 is 1.15 bits per heavy atom. The van der Waals surface area contributed by atoms with Crippen LogP contribution in [0.4, 0.5) is 11.4 Å². The summed E-state index contributed by atoms with van der Waals surface area (Å²) < 4.78 is 0. The van der Waals surface area contributed by atoms with Crippen LogP contribution in [-0.4, -0.2) is 30.9 Å². The molecule has 1 unspecified atom stereocenters. The highest BCUT2D eigenvalue weighted by molar-refractivity contribution is 7.10. The summed E-state index contributed by atoms with van der Waals surface area (Å²) >= 11 is 1.46. The number of amides is 1. The van der Waals surface area contributed by atoms with Crippen molar-refractivity contribution in [3.8, 4) is 0 Å². The van der Waals surface area contributed by atoms with Crippen LogP contribution in [0.5, 0.6) is 0 Å². The van der Waals surface area contributed by atoms with Gasteiger partial charge in [-0.3, -0.25) is 14.5 Å². The van der Waals surface area contributed by atoms with Crippen molar-refractivity contribution in [2.24, 2.45) is 5.41 Å². The van der Waals surface area contributed by atoms with Crippen LogP contribution in [0, 0.1) is 5.41 Å². The molecule has 27 heavy (non-hydrogen) atoms. The number of nitrogens with zero attached hydrogens (tertiary/aromatic N) is 2. The number of carbonyl (C=O) groups excluding carboxylic acids is 2. The third-order valence-electron chi connectivity index (χ3n) is 4.59. The van der Waals surface area contributed by atoms with E-state index < -0.39 is 23.1 Å². The molecule has 0 aliphatic carbocycles. The highest BCUT2D eigenvalue weighted by Gasteiger charge is 2.47. The monoisotopic (exact) mass is 384 g/mol. The Morgan fingerprint density at radius 3 is 2.26 bits per heavy atom. The van der Waals surface area contributed by atoms with E-state index in [4.69, 9.17) is 0 Å². The minimum Gasteiger partial charge on any atom is -0.503 e. The molecular formula is C21H24N2O3S. The Kier molecular flexibility index (Phi) is 4.86. The molecule has 1 aromatic carbocycles. The maximum Gasteiger partial charge on any atom is 0.294 e. The van der Waals surface area contributed by atoms with Crippen molar-refractivity contribution in [1.29, 1.82) is 0 Å². The Morgan fingerprint density at radius 2 is 1.78 bits per heavy atom. The van der Waals surface area contributed by atoms with Gasteiger partial charge in [0.05, 0.1) is 5.57 Å². The Balaban J connectivity index is 2.12. The molecule has 142 valence electrons. The maximum absolute atomic E-state index is 13.0. The van der Waals surface area contributed by atoms with E-state index in [0.717, 1.165) is 10.6 Å². The molecule has 0 saturated heterocycles. The van der Waals surface area contributed by atoms with Gasteiger partial charge in [-0.15, -0.1) is 11.3 Å².